The Labute approximate surface area is 179 Å². The quantitative estimate of drug-likeness (QED) is 0.688. The van der Waals surface area contributed by atoms with Crippen molar-refractivity contribution in [2.75, 3.05) is 44.2 Å². The van der Waals surface area contributed by atoms with Gasteiger partial charge in [0.1, 0.15) is 18.5 Å². The number of halogens is 2. The summed E-state index contributed by atoms with van der Waals surface area (Å²) in [6.45, 7) is 6.00. The number of Topliss-reactive ketones (excluding diaryl/α,β-unsaturated/α-hetero) is 1. The molecule has 0 saturated carbocycles. The van der Waals surface area contributed by atoms with Gasteiger partial charge in [0.2, 0.25) is 0 Å². The molecule has 7 heteroatoms. The number of rotatable bonds is 7. The molecular weight excluding hydrogens is 399 g/mol. The number of piperazine rings is 1. The molecule has 2 aromatic carbocycles. The Balaban J connectivity index is 0.00000196. The van der Waals surface area contributed by atoms with Crippen molar-refractivity contribution in [3.8, 4) is 5.75 Å². The van der Waals surface area contributed by atoms with Crippen molar-refractivity contribution in [3.05, 3.63) is 60.2 Å². The number of aliphatic hydroxyl groups is 1. The molecule has 0 amide bonds. The maximum absolute atomic E-state index is 11.6. The number of carbonyl (C=O) groups is 1. The number of ether oxygens (including phenoxy) is 1. The molecule has 1 aliphatic rings. The number of hydrogen-bond acceptors (Lipinski definition) is 5. The maximum atomic E-state index is 11.6. The number of hydrogen-bond donors (Lipinski definition) is 1. The molecule has 1 saturated heterocycles. The lowest BCUT2D eigenvalue weighted by Crippen LogP contribution is -2.49. The van der Waals surface area contributed by atoms with Crippen molar-refractivity contribution < 1.29 is 14.6 Å². The van der Waals surface area contributed by atoms with Crippen LogP contribution in [0.25, 0.3) is 0 Å². The molecule has 5 nitrogen and oxygen atoms in total. The first-order valence-corrected chi connectivity index (χ1v) is 9.06. The first kappa shape index (κ1) is 24.2. The monoisotopic (exact) mass is 426 g/mol. The Morgan fingerprint density at radius 3 is 2.25 bits per heavy atom. The van der Waals surface area contributed by atoms with Gasteiger partial charge in [0.25, 0.3) is 0 Å². The Morgan fingerprint density at radius 2 is 1.61 bits per heavy atom. The number of aliphatic hydroxyl groups excluding tert-OH is 1. The van der Waals surface area contributed by atoms with E-state index in [-0.39, 0.29) is 37.2 Å². The minimum Gasteiger partial charge on any atom is -0.490 e. The normalized spacial score (nSPS) is 15.1. The Hall–Kier alpha value is -1.79. The molecule has 0 spiro atoms. The summed E-state index contributed by atoms with van der Waals surface area (Å²) in [6.07, 6.45) is -0.585. The van der Waals surface area contributed by atoms with Gasteiger partial charge in [0.15, 0.2) is 5.78 Å². The van der Waals surface area contributed by atoms with Gasteiger partial charge in [0, 0.05) is 38.4 Å². The van der Waals surface area contributed by atoms with Crippen molar-refractivity contribution in [1.82, 2.24) is 4.90 Å². The third-order valence-corrected chi connectivity index (χ3v) is 4.66. The zero-order valence-electron chi connectivity index (χ0n) is 16.0. The number of benzene rings is 2. The van der Waals surface area contributed by atoms with E-state index in [0.29, 0.717) is 17.9 Å². The first-order chi connectivity index (χ1) is 12.6. The van der Waals surface area contributed by atoms with Gasteiger partial charge in [-0.3, -0.25) is 9.69 Å². The fraction of sp³-hybridized carbons (Fsp3) is 0.381. The molecule has 1 fully saturated rings. The van der Waals surface area contributed by atoms with E-state index in [1.54, 1.807) is 12.1 Å². The molecule has 0 bridgehead atoms. The molecule has 0 radical (unpaired) electrons. The fourth-order valence-corrected chi connectivity index (χ4v) is 3.25. The van der Waals surface area contributed by atoms with Crippen LogP contribution in [0.2, 0.25) is 0 Å². The zero-order valence-corrected chi connectivity index (χ0v) is 17.6. The summed E-state index contributed by atoms with van der Waals surface area (Å²) in [4.78, 5) is 16.2. The highest BCUT2D eigenvalue weighted by atomic mass is 35.5. The van der Waals surface area contributed by atoms with Gasteiger partial charge < -0.3 is 14.7 Å². The molecule has 154 valence electrons. The molecule has 1 unspecified atom stereocenters. The number of β-amino-alcohol motifs (C(OH)–C–C–N with tert-alkyl or cyclic N) is 1. The standard InChI is InChI=1S/C21H26N2O3.2ClH/c1-17(24)20-9-5-6-10-21(20)26-16-19(25)15-22-11-13-23(14-12-22)18-7-3-2-4-8-18;;/h2-10,19,25H,11-16H2,1H3;2*1H. The molecule has 2 aromatic rings. The number of nitrogens with zero attached hydrogens (tertiary/aromatic N) is 2. The summed E-state index contributed by atoms with van der Waals surface area (Å²) in [5, 5.41) is 10.3. The van der Waals surface area contributed by atoms with Gasteiger partial charge >= 0.3 is 0 Å². The summed E-state index contributed by atoms with van der Waals surface area (Å²) in [7, 11) is 0. The van der Waals surface area contributed by atoms with Gasteiger partial charge in [-0.05, 0) is 31.2 Å². The van der Waals surface area contributed by atoms with Crippen LogP contribution in [0.3, 0.4) is 0 Å². The molecule has 1 atom stereocenters. The van der Waals surface area contributed by atoms with E-state index < -0.39 is 6.10 Å². The van der Waals surface area contributed by atoms with Crippen molar-refractivity contribution in [1.29, 1.82) is 0 Å². The van der Waals surface area contributed by atoms with Crippen molar-refractivity contribution >= 4 is 36.3 Å². The van der Waals surface area contributed by atoms with Crippen LogP contribution in [0.15, 0.2) is 54.6 Å². The van der Waals surface area contributed by atoms with E-state index in [1.165, 1.54) is 12.6 Å². The highest BCUT2D eigenvalue weighted by Crippen LogP contribution is 2.19. The van der Waals surface area contributed by atoms with Gasteiger partial charge in [-0.2, -0.15) is 0 Å². The van der Waals surface area contributed by atoms with Crippen LogP contribution in [-0.4, -0.2) is 61.2 Å². The molecule has 3 rings (SSSR count). The van der Waals surface area contributed by atoms with Crippen LogP contribution in [-0.2, 0) is 0 Å². The Morgan fingerprint density at radius 1 is 1.00 bits per heavy atom. The predicted octanol–water partition coefficient (Wildman–Crippen LogP) is 3.29. The van der Waals surface area contributed by atoms with Crippen molar-refractivity contribution in [3.63, 3.8) is 0 Å². The van der Waals surface area contributed by atoms with E-state index in [4.69, 9.17) is 4.74 Å². The molecule has 1 aliphatic heterocycles. The largest absolute Gasteiger partial charge is 0.490 e. The summed E-state index contributed by atoms with van der Waals surface area (Å²) in [6, 6.07) is 17.6. The van der Waals surface area contributed by atoms with Crippen LogP contribution in [0, 0.1) is 0 Å². The van der Waals surface area contributed by atoms with Crippen molar-refractivity contribution in [2.24, 2.45) is 0 Å². The summed E-state index contributed by atoms with van der Waals surface area (Å²) >= 11 is 0. The van der Waals surface area contributed by atoms with E-state index >= 15 is 0 Å². The summed E-state index contributed by atoms with van der Waals surface area (Å²) in [5.41, 5.74) is 1.80. The van der Waals surface area contributed by atoms with Gasteiger partial charge in [-0.1, -0.05) is 30.3 Å². The SMILES string of the molecule is CC(=O)c1ccccc1OCC(O)CN1CCN(c2ccccc2)CC1.Cl.Cl. The summed E-state index contributed by atoms with van der Waals surface area (Å²) < 4.78 is 5.68. The highest BCUT2D eigenvalue weighted by molar-refractivity contribution is 5.96. The lowest BCUT2D eigenvalue weighted by molar-refractivity contribution is 0.0656. The maximum Gasteiger partial charge on any atom is 0.163 e. The van der Waals surface area contributed by atoms with E-state index in [9.17, 15) is 9.90 Å². The topological polar surface area (TPSA) is 53.0 Å². The second-order valence-corrected chi connectivity index (χ2v) is 6.64. The molecular formula is C21H28Cl2N2O3. The van der Waals surface area contributed by atoms with Crippen LogP contribution in [0.1, 0.15) is 17.3 Å². The highest BCUT2D eigenvalue weighted by Gasteiger charge is 2.20. The second kappa shape index (κ2) is 11.9. The van der Waals surface area contributed by atoms with Gasteiger partial charge in [-0.15, -0.1) is 24.8 Å². The number of para-hydroxylation sites is 2. The molecule has 0 aromatic heterocycles. The fourth-order valence-electron chi connectivity index (χ4n) is 3.25. The van der Waals surface area contributed by atoms with E-state index in [0.717, 1.165) is 26.2 Å². The van der Waals surface area contributed by atoms with Crippen LogP contribution in [0.5, 0.6) is 5.75 Å². The molecule has 28 heavy (non-hydrogen) atoms. The minimum atomic E-state index is -0.585. The van der Waals surface area contributed by atoms with Crippen molar-refractivity contribution in [2.45, 2.75) is 13.0 Å². The first-order valence-electron chi connectivity index (χ1n) is 9.06. The van der Waals surface area contributed by atoms with E-state index in [1.807, 2.05) is 18.2 Å². The second-order valence-electron chi connectivity index (χ2n) is 6.64. The average molecular weight is 427 g/mol. The summed E-state index contributed by atoms with van der Waals surface area (Å²) in [5.74, 6) is 0.500. The van der Waals surface area contributed by atoms with Crippen LogP contribution in [0.4, 0.5) is 5.69 Å². The smallest absolute Gasteiger partial charge is 0.163 e. The predicted molar refractivity (Wildman–Crippen MR) is 118 cm³/mol. The number of anilines is 1. The molecule has 0 aliphatic carbocycles. The Kier molecular flexibility index (Phi) is 10.3. The lowest BCUT2D eigenvalue weighted by atomic mass is 10.1. The number of carbonyl (C=O) groups excluding carboxylic acids is 1. The van der Waals surface area contributed by atoms with Gasteiger partial charge in [-0.25, -0.2) is 0 Å². The lowest BCUT2D eigenvalue weighted by Gasteiger charge is -2.36. The molecule has 1 N–H and O–H groups in total. The third-order valence-electron chi connectivity index (χ3n) is 4.66. The van der Waals surface area contributed by atoms with Crippen LogP contribution >= 0.6 is 24.8 Å². The zero-order chi connectivity index (χ0) is 18.4. The Bertz CT molecular complexity index is 723. The number of ketones is 1. The van der Waals surface area contributed by atoms with E-state index in [2.05, 4.69) is 34.1 Å². The molecule has 1 heterocycles. The third kappa shape index (κ3) is 6.67. The van der Waals surface area contributed by atoms with Gasteiger partial charge in [0.05, 0.1) is 5.56 Å². The van der Waals surface area contributed by atoms with Crippen LogP contribution < -0.4 is 9.64 Å². The minimum absolute atomic E-state index is 0. The average Bonchev–Trinajstić information content (AvgIpc) is 2.68.